The summed E-state index contributed by atoms with van der Waals surface area (Å²) in [5.74, 6) is -2.64. The number of hydrogen-bond donors (Lipinski definition) is 2. The Morgan fingerprint density at radius 3 is 2.66 bits per heavy atom. The molecular weight excluding hydrogens is 472 g/mol. The van der Waals surface area contributed by atoms with Crippen LogP contribution in [-0.2, 0) is 23.9 Å². The average molecular weight is 507 g/mol. The number of para-hydroxylation sites is 1. The Kier molecular flexibility index (Phi) is 7.46. The van der Waals surface area contributed by atoms with Gasteiger partial charge in [0, 0.05) is 13.2 Å². The molecule has 3 aliphatic rings. The molecular formula is C26H35ClN2O6. The van der Waals surface area contributed by atoms with Gasteiger partial charge in [0.05, 0.1) is 28.8 Å². The Labute approximate surface area is 211 Å². The van der Waals surface area contributed by atoms with Gasteiger partial charge in [-0.1, -0.05) is 43.5 Å². The molecule has 2 bridgehead atoms. The van der Waals surface area contributed by atoms with Crippen LogP contribution in [0.1, 0.15) is 52.9 Å². The first-order valence-corrected chi connectivity index (χ1v) is 12.9. The molecule has 0 aliphatic carbocycles. The van der Waals surface area contributed by atoms with Gasteiger partial charge in [-0.05, 0) is 51.2 Å². The van der Waals surface area contributed by atoms with Gasteiger partial charge < -0.3 is 24.8 Å². The van der Waals surface area contributed by atoms with E-state index in [0.717, 1.165) is 12.8 Å². The maximum Gasteiger partial charge on any atom is 0.312 e. The number of aliphatic hydroxyl groups is 1. The highest BCUT2D eigenvalue weighted by atomic mass is 35.5. The standard InChI is InChI=1S/C26H35ClN2O6/c1-4-34-24(33)20-19-23(32)29(13-9-5-6-10-14-30)21(26(19)15-16(2)25(20,3)35-26)22(31)28-18-12-8-7-11-17(18)27/h7-8,11-12,16,19-21,30H,4-6,9-10,13-15H2,1-3H3,(H,28,31)/t16?,19-,20-,21?,25+,26?/m0/s1. The largest absolute Gasteiger partial charge is 0.466 e. The number of carbonyl (C=O) groups is 3. The van der Waals surface area contributed by atoms with E-state index in [1.54, 1.807) is 36.1 Å². The van der Waals surface area contributed by atoms with Crippen molar-refractivity contribution >= 4 is 35.1 Å². The number of carbonyl (C=O) groups excluding carboxylic acids is 3. The summed E-state index contributed by atoms with van der Waals surface area (Å²) < 4.78 is 12.0. The number of anilines is 1. The monoisotopic (exact) mass is 506 g/mol. The second-order valence-corrected chi connectivity index (χ2v) is 10.5. The van der Waals surface area contributed by atoms with E-state index in [4.69, 9.17) is 26.2 Å². The van der Waals surface area contributed by atoms with Crippen molar-refractivity contribution in [3.05, 3.63) is 29.3 Å². The van der Waals surface area contributed by atoms with Crippen molar-refractivity contribution in [3.8, 4) is 0 Å². The molecule has 3 aliphatic heterocycles. The van der Waals surface area contributed by atoms with E-state index in [9.17, 15) is 14.4 Å². The normalized spacial score (nSPS) is 33.2. The molecule has 1 aromatic carbocycles. The Balaban J connectivity index is 1.69. The molecule has 1 spiro atoms. The van der Waals surface area contributed by atoms with Gasteiger partial charge in [0.1, 0.15) is 17.6 Å². The molecule has 2 amide bonds. The van der Waals surface area contributed by atoms with E-state index in [0.29, 0.717) is 36.5 Å². The fourth-order valence-electron chi connectivity index (χ4n) is 6.38. The molecule has 3 unspecified atom stereocenters. The van der Waals surface area contributed by atoms with Crippen molar-refractivity contribution in [2.24, 2.45) is 17.8 Å². The molecule has 1 aromatic rings. The zero-order valence-electron chi connectivity index (χ0n) is 20.6. The van der Waals surface area contributed by atoms with Crippen molar-refractivity contribution < 1.29 is 29.0 Å². The highest BCUT2D eigenvalue weighted by Gasteiger charge is 2.80. The third-order valence-electron chi connectivity index (χ3n) is 8.04. The van der Waals surface area contributed by atoms with Gasteiger partial charge in [-0.3, -0.25) is 14.4 Å². The smallest absolute Gasteiger partial charge is 0.312 e. The number of unbranched alkanes of at least 4 members (excludes halogenated alkanes) is 3. The molecule has 2 N–H and O–H groups in total. The number of fused-ring (bicyclic) bond motifs is 1. The van der Waals surface area contributed by atoms with Crippen molar-refractivity contribution in [1.82, 2.24) is 4.90 Å². The topological polar surface area (TPSA) is 105 Å². The molecule has 192 valence electrons. The first-order valence-electron chi connectivity index (χ1n) is 12.5. The summed E-state index contributed by atoms with van der Waals surface area (Å²) in [6.45, 7) is 6.31. The van der Waals surface area contributed by atoms with Crippen molar-refractivity contribution in [1.29, 1.82) is 0 Å². The predicted octanol–water partition coefficient (Wildman–Crippen LogP) is 3.41. The van der Waals surface area contributed by atoms with Crippen molar-refractivity contribution in [2.75, 3.05) is 25.1 Å². The quantitative estimate of drug-likeness (QED) is 0.372. The van der Waals surface area contributed by atoms with Crippen LogP contribution in [0.3, 0.4) is 0 Å². The van der Waals surface area contributed by atoms with E-state index < -0.39 is 35.0 Å². The first kappa shape index (κ1) is 25.9. The van der Waals surface area contributed by atoms with Gasteiger partial charge in [-0.15, -0.1) is 0 Å². The first-order chi connectivity index (χ1) is 16.7. The lowest BCUT2D eigenvalue weighted by Crippen LogP contribution is -2.54. The second-order valence-electron chi connectivity index (χ2n) is 10.1. The molecule has 3 saturated heterocycles. The van der Waals surface area contributed by atoms with Gasteiger partial charge in [-0.2, -0.15) is 0 Å². The zero-order valence-corrected chi connectivity index (χ0v) is 21.3. The van der Waals surface area contributed by atoms with Crippen LogP contribution in [0.4, 0.5) is 5.69 Å². The van der Waals surface area contributed by atoms with Crippen molar-refractivity contribution in [3.63, 3.8) is 0 Å². The van der Waals surface area contributed by atoms with Gasteiger partial charge in [0.25, 0.3) is 0 Å². The maximum atomic E-state index is 13.9. The Hall–Kier alpha value is -2.16. The number of rotatable bonds is 10. The molecule has 8 nitrogen and oxygen atoms in total. The lowest BCUT2D eigenvalue weighted by atomic mass is 9.62. The molecule has 0 aromatic heterocycles. The number of nitrogens with zero attached hydrogens (tertiary/aromatic N) is 1. The number of nitrogens with one attached hydrogen (secondary N) is 1. The molecule has 3 fully saturated rings. The van der Waals surface area contributed by atoms with E-state index in [-0.39, 0.29) is 30.9 Å². The minimum Gasteiger partial charge on any atom is -0.466 e. The van der Waals surface area contributed by atoms with Gasteiger partial charge in [-0.25, -0.2) is 0 Å². The van der Waals surface area contributed by atoms with Crippen LogP contribution in [-0.4, -0.2) is 64.8 Å². The SMILES string of the molecule is CCOC(=O)[C@@H]1[C@H]2C(=O)N(CCCCCCO)C(C(=O)Nc3ccccc3Cl)C23CC(C)[C@@]1(C)O3. The summed E-state index contributed by atoms with van der Waals surface area (Å²) in [4.78, 5) is 42.4. The summed E-state index contributed by atoms with van der Waals surface area (Å²) in [7, 11) is 0. The summed E-state index contributed by atoms with van der Waals surface area (Å²) in [5, 5.41) is 12.4. The predicted molar refractivity (Wildman–Crippen MR) is 131 cm³/mol. The second kappa shape index (κ2) is 10.1. The maximum absolute atomic E-state index is 13.9. The fraction of sp³-hybridized carbons (Fsp3) is 0.654. The number of hydrogen-bond acceptors (Lipinski definition) is 6. The van der Waals surface area contributed by atoms with Crippen LogP contribution >= 0.6 is 11.6 Å². The molecule has 9 heteroatoms. The van der Waals surface area contributed by atoms with E-state index in [1.807, 2.05) is 13.8 Å². The Morgan fingerprint density at radius 2 is 1.97 bits per heavy atom. The summed E-state index contributed by atoms with van der Waals surface area (Å²) in [6, 6.07) is 6.06. The van der Waals surface area contributed by atoms with Gasteiger partial charge in [0.15, 0.2) is 0 Å². The molecule has 0 saturated carbocycles. The summed E-state index contributed by atoms with van der Waals surface area (Å²) in [5.41, 5.74) is -1.54. The van der Waals surface area contributed by atoms with Crippen LogP contribution < -0.4 is 5.32 Å². The molecule has 35 heavy (non-hydrogen) atoms. The third-order valence-corrected chi connectivity index (χ3v) is 8.37. The highest BCUT2D eigenvalue weighted by molar-refractivity contribution is 6.33. The Bertz CT molecular complexity index is 988. The lowest BCUT2D eigenvalue weighted by molar-refractivity contribution is -0.160. The van der Waals surface area contributed by atoms with Crippen LogP contribution in [0, 0.1) is 17.8 Å². The average Bonchev–Trinajstić information content (AvgIpc) is 3.32. The third kappa shape index (κ3) is 4.23. The number of amides is 2. The summed E-state index contributed by atoms with van der Waals surface area (Å²) in [6.07, 6.45) is 3.53. The van der Waals surface area contributed by atoms with E-state index in [1.165, 1.54) is 0 Å². The van der Waals surface area contributed by atoms with Crippen LogP contribution in [0.5, 0.6) is 0 Å². The number of aliphatic hydroxyl groups excluding tert-OH is 1. The molecule has 0 radical (unpaired) electrons. The molecule has 3 heterocycles. The fourth-order valence-corrected chi connectivity index (χ4v) is 6.56. The number of likely N-dealkylation sites (tertiary alicyclic amines) is 1. The number of esters is 1. The van der Waals surface area contributed by atoms with Crippen LogP contribution in [0.25, 0.3) is 0 Å². The minimum atomic E-state index is -1.11. The lowest BCUT2D eigenvalue weighted by Gasteiger charge is -2.35. The molecule has 6 atom stereocenters. The number of halogens is 1. The Morgan fingerprint density at radius 1 is 1.26 bits per heavy atom. The van der Waals surface area contributed by atoms with Gasteiger partial charge in [0.2, 0.25) is 11.8 Å². The van der Waals surface area contributed by atoms with Crippen LogP contribution in [0.2, 0.25) is 5.02 Å². The summed E-state index contributed by atoms with van der Waals surface area (Å²) >= 11 is 6.30. The van der Waals surface area contributed by atoms with Crippen molar-refractivity contribution in [2.45, 2.75) is 70.1 Å². The minimum absolute atomic E-state index is 0.0407. The van der Waals surface area contributed by atoms with E-state index in [2.05, 4.69) is 5.32 Å². The van der Waals surface area contributed by atoms with Gasteiger partial charge >= 0.3 is 5.97 Å². The molecule has 4 rings (SSSR count). The highest BCUT2D eigenvalue weighted by Crippen LogP contribution is 2.65. The number of ether oxygens (including phenoxy) is 2. The van der Waals surface area contributed by atoms with E-state index >= 15 is 0 Å². The zero-order chi connectivity index (χ0) is 25.4. The number of benzene rings is 1. The van der Waals surface area contributed by atoms with Crippen LogP contribution in [0.15, 0.2) is 24.3 Å².